The van der Waals surface area contributed by atoms with E-state index in [1.165, 1.54) is 4.90 Å². The van der Waals surface area contributed by atoms with Crippen molar-refractivity contribution >= 4 is 30.1 Å². The molecule has 0 spiro atoms. The van der Waals surface area contributed by atoms with Crippen LogP contribution in [0.5, 0.6) is 0 Å². The van der Waals surface area contributed by atoms with E-state index in [1.807, 2.05) is 31.7 Å². The van der Waals surface area contributed by atoms with Crippen LogP contribution < -0.4 is 11.1 Å². The number of carbonyl (C=O) groups excluding carboxylic acids is 1. The summed E-state index contributed by atoms with van der Waals surface area (Å²) in [5.74, 6) is -0.0284. The van der Waals surface area contributed by atoms with E-state index in [0.717, 1.165) is 25.7 Å². The summed E-state index contributed by atoms with van der Waals surface area (Å²) >= 11 is 1.87. The molecule has 0 aliphatic heterocycles. The van der Waals surface area contributed by atoms with Crippen molar-refractivity contribution in [3.63, 3.8) is 0 Å². The van der Waals surface area contributed by atoms with Gasteiger partial charge in [-0.15, -0.1) is 24.2 Å². The van der Waals surface area contributed by atoms with Crippen LogP contribution in [0.25, 0.3) is 0 Å². The van der Waals surface area contributed by atoms with Crippen LogP contribution in [0.2, 0.25) is 0 Å². The molecule has 3 nitrogen and oxygen atoms in total. The van der Waals surface area contributed by atoms with E-state index in [1.54, 1.807) is 0 Å². The lowest BCUT2D eigenvalue weighted by atomic mass is 9.96. The summed E-state index contributed by atoms with van der Waals surface area (Å²) in [5, 5.41) is 3.05. The average Bonchev–Trinajstić information content (AvgIpc) is 3.17. The Morgan fingerprint density at radius 3 is 2.52 bits per heavy atom. The third-order valence-electron chi connectivity index (χ3n) is 3.74. The Kier molecular flexibility index (Phi) is 6.57. The Bertz CT molecular complexity index is 461. The molecule has 0 heterocycles. The standard InChI is InChI=1S/C16H24N2OS.ClH/c1-3-9-15(2,17)14(19)18-12-16(10-11-16)20-13-7-5-4-6-8-13;/h4-8H,3,9-12,17H2,1-2H3,(H,18,19);1H. The lowest BCUT2D eigenvalue weighted by Gasteiger charge is -2.24. The maximum Gasteiger partial charge on any atom is 0.239 e. The molecule has 1 saturated carbocycles. The van der Waals surface area contributed by atoms with Gasteiger partial charge in [0.05, 0.1) is 5.54 Å². The second-order valence-corrected chi connectivity index (χ2v) is 7.49. The first kappa shape index (κ1) is 18.3. The second kappa shape index (κ2) is 7.52. The van der Waals surface area contributed by atoms with Gasteiger partial charge in [0, 0.05) is 16.2 Å². The normalized spacial score (nSPS) is 18.2. The van der Waals surface area contributed by atoms with Crippen LogP contribution in [0.3, 0.4) is 0 Å². The number of carbonyl (C=O) groups is 1. The summed E-state index contributed by atoms with van der Waals surface area (Å²) in [4.78, 5) is 13.4. The van der Waals surface area contributed by atoms with Gasteiger partial charge in [0.2, 0.25) is 5.91 Å². The molecule has 0 aromatic heterocycles. The largest absolute Gasteiger partial charge is 0.353 e. The maximum absolute atomic E-state index is 12.1. The van der Waals surface area contributed by atoms with E-state index in [2.05, 4.69) is 29.6 Å². The first-order chi connectivity index (χ1) is 9.47. The van der Waals surface area contributed by atoms with Gasteiger partial charge in [-0.05, 0) is 38.3 Å². The molecular formula is C16H25ClN2OS. The van der Waals surface area contributed by atoms with Gasteiger partial charge in [0.15, 0.2) is 0 Å². The highest BCUT2D eigenvalue weighted by Crippen LogP contribution is 2.51. The first-order valence-corrected chi connectivity index (χ1v) is 8.10. The quantitative estimate of drug-likeness (QED) is 0.807. The van der Waals surface area contributed by atoms with Gasteiger partial charge < -0.3 is 11.1 Å². The monoisotopic (exact) mass is 328 g/mol. The summed E-state index contributed by atoms with van der Waals surface area (Å²) in [5.41, 5.74) is 5.31. The second-order valence-electron chi connectivity index (χ2n) is 5.95. The highest BCUT2D eigenvalue weighted by Gasteiger charge is 2.44. The lowest BCUT2D eigenvalue weighted by molar-refractivity contribution is -0.126. The number of hydrogen-bond acceptors (Lipinski definition) is 3. The number of amides is 1. The summed E-state index contributed by atoms with van der Waals surface area (Å²) in [7, 11) is 0. The minimum atomic E-state index is -0.748. The van der Waals surface area contributed by atoms with Crippen LogP contribution in [0, 0.1) is 0 Å². The lowest BCUT2D eigenvalue weighted by Crippen LogP contribution is -2.52. The van der Waals surface area contributed by atoms with Crippen molar-refractivity contribution in [2.24, 2.45) is 5.73 Å². The van der Waals surface area contributed by atoms with Gasteiger partial charge >= 0.3 is 0 Å². The highest BCUT2D eigenvalue weighted by molar-refractivity contribution is 8.01. The minimum Gasteiger partial charge on any atom is -0.353 e. The van der Waals surface area contributed by atoms with Gasteiger partial charge in [-0.2, -0.15) is 0 Å². The van der Waals surface area contributed by atoms with Crippen molar-refractivity contribution in [1.82, 2.24) is 5.32 Å². The molecule has 1 aromatic rings. The molecule has 5 heteroatoms. The molecule has 0 saturated heterocycles. The number of nitrogens with one attached hydrogen (secondary N) is 1. The molecule has 1 unspecified atom stereocenters. The predicted octanol–water partition coefficient (Wildman–Crippen LogP) is 3.37. The number of nitrogens with two attached hydrogens (primary N) is 1. The molecule has 3 N–H and O–H groups in total. The summed E-state index contributed by atoms with van der Waals surface area (Å²) in [6.45, 7) is 4.57. The fourth-order valence-corrected chi connectivity index (χ4v) is 3.51. The molecule has 1 atom stereocenters. The van der Waals surface area contributed by atoms with Gasteiger partial charge in [0.25, 0.3) is 0 Å². The molecule has 1 amide bonds. The third kappa shape index (κ3) is 5.20. The fraction of sp³-hybridized carbons (Fsp3) is 0.562. The van der Waals surface area contributed by atoms with Gasteiger partial charge in [-0.3, -0.25) is 4.79 Å². The van der Waals surface area contributed by atoms with Crippen molar-refractivity contribution in [3.8, 4) is 0 Å². The van der Waals surface area contributed by atoms with Crippen LogP contribution >= 0.6 is 24.2 Å². The zero-order chi connectivity index (χ0) is 14.6. The molecule has 118 valence electrons. The molecular weight excluding hydrogens is 304 g/mol. The van der Waals surface area contributed by atoms with Crippen LogP contribution in [0.15, 0.2) is 35.2 Å². The molecule has 0 bridgehead atoms. The van der Waals surface area contributed by atoms with E-state index < -0.39 is 5.54 Å². The molecule has 0 radical (unpaired) electrons. The predicted molar refractivity (Wildman–Crippen MR) is 92.0 cm³/mol. The summed E-state index contributed by atoms with van der Waals surface area (Å²) in [6, 6.07) is 10.4. The van der Waals surface area contributed by atoms with Crippen molar-refractivity contribution in [3.05, 3.63) is 30.3 Å². The SMILES string of the molecule is CCCC(C)(N)C(=O)NCC1(Sc2ccccc2)CC1.Cl. The van der Waals surface area contributed by atoms with Crippen LogP contribution in [0.1, 0.15) is 39.5 Å². The zero-order valence-electron chi connectivity index (χ0n) is 12.7. The van der Waals surface area contributed by atoms with E-state index in [9.17, 15) is 4.79 Å². The Balaban J connectivity index is 0.00000220. The third-order valence-corrected chi connectivity index (χ3v) is 5.24. The smallest absolute Gasteiger partial charge is 0.239 e. The van der Waals surface area contributed by atoms with Crippen LogP contribution in [-0.2, 0) is 4.79 Å². The topological polar surface area (TPSA) is 55.1 Å². The number of rotatable bonds is 7. The first-order valence-electron chi connectivity index (χ1n) is 7.29. The molecule has 2 rings (SSSR count). The molecule has 1 aliphatic rings. The van der Waals surface area contributed by atoms with Gasteiger partial charge in [0.1, 0.15) is 0 Å². The van der Waals surface area contributed by atoms with Crippen molar-refractivity contribution in [2.75, 3.05) is 6.54 Å². The number of benzene rings is 1. The Hall–Kier alpha value is -0.710. The van der Waals surface area contributed by atoms with Crippen molar-refractivity contribution in [2.45, 2.75) is 54.7 Å². The molecule has 1 aliphatic carbocycles. The average molecular weight is 329 g/mol. The van der Waals surface area contributed by atoms with E-state index >= 15 is 0 Å². The van der Waals surface area contributed by atoms with Crippen LogP contribution in [-0.4, -0.2) is 22.7 Å². The van der Waals surface area contributed by atoms with E-state index in [4.69, 9.17) is 5.73 Å². The minimum absolute atomic E-state index is 0. The number of hydrogen-bond donors (Lipinski definition) is 2. The fourth-order valence-electron chi connectivity index (χ4n) is 2.27. The van der Waals surface area contributed by atoms with Crippen molar-refractivity contribution in [1.29, 1.82) is 0 Å². The van der Waals surface area contributed by atoms with Crippen LogP contribution in [0.4, 0.5) is 0 Å². The van der Waals surface area contributed by atoms with Gasteiger partial charge in [-0.1, -0.05) is 31.5 Å². The summed E-state index contributed by atoms with van der Waals surface area (Å²) in [6.07, 6.45) is 3.95. The van der Waals surface area contributed by atoms with Crippen molar-refractivity contribution < 1.29 is 4.79 Å². The summed E-state index contributed by atoms with van der Waals surface area (Å²) < 4.78 is 0.180. The number of thioether (sulfide) groups is 1. The molecule has 1 aromatic carbocycles. The highest BCUT2D eigenvalue weighted by atomic mass is 35.5. The molecule has 1 fully saturated rings. The van der Waals surface area contributed by atoms with E-state index in [0.29, 0.717) is 6.54 Å². The maximum atomic E-state index is 12.1. The zero-order valence-corrected chi connectivity index (χ0v) is 14.4. The Morgan fingerprint density at radius 2 is 2.00 bits per heavy atom. The van der Waals surface area contributed by atoms with E-state index in [-0.39, 0.29) is 23.1 Å². The van der Waals surface area contributed by atoms with Gasteiger partial charge in [-0.25, -0.2) is 0 Å². The number of halogens is 1. The molecule has 21 heavy (non-hydrogen) atoms. The Morgan fingerprint density at radius 1 is 1.38 bits per heavy atom. The Labute approximate surface area is 137 Å².